The number of esters is 1. The largest absolute Gasteiger partial charge is 0.487 e. The van der Waals surface area contributed by atoms with Crippen molar-refractivity contribution in [3.63, 3.8) is 0 Å². The van der Waals surface area contributed by atoms with Crippen LogP contribution in [0.1, 0.15) is 25.7 Å². The lowest BCUT2D eigenvalue weighted by Crippen LogP contribution is -2.07. The molecule has 31 heavy (non-hydrogen) atoms. The summed E-state index contributed by atoms with van der Waals surface area (Å²) in [6, 6.07) is 4.25. The van der Waals surface area contributed by atoms with Crippen molar-refractivity contribution in [1.29, 1.82) is 0 Å². The van der Waals surface area contributed by atoms with Crippen LogP contribution in [-0.4, -0.2) is 23.2 Å². The summed E-state index contributed by atoms with van der Waals surface area (Å²) in [5.74, 6) is -2.71. The predicted molar refractivity (Wildman–Crippen MR) is 101 cm³/mol. The van der Waals surface area contributed by atoms with Gasteiger partial charge in [-0.3, -0.25) is 0 Å². The lowest BCUT2D eigenvalue weighted by molar-refractivity contribution is -0.137. The average Bonchev–Trinajstić information content (AvgIpc) is 3.15. The Morgan fingerprint density at radius 1 is 1.13 bits per heavy atom. The fraction of sp³-hybridized carbons (Fsp3) is 0.200. The van der Waals surface area contributed by atoms with Crippen molar-refractivity contribution in [2.75, 3.05) is 7.11 Å². The number of rotatable bonds is 6. The van der Waals surface area contributed by atoms with Gasteiger partial charge < -0.3 is 14.6 Å². The van der Waals surface area contributed by atoms with Gasteiger partial charge in [0.05, 0.1) is 25.5 Å². The van der Waals surface area contributed by atoms with Gasteiger partial charge in [-0.1, -0.05) is 0 Å². The van der Waals surface area contributed by atoms with E-state index in [9.17, 15) is 31.9 Å². The molecule has 11 heteroatoms. The number of aliphatic hydroxyl groups excluding tert-OH is 1. The molecule has 0 atom stereocenters. The fourth-order valence-electron chi connectivity index (χ4n) is 2.74. The van der Waals surface area contributed by atoms with Gasteiger partial charge in [0.25, 0.3) is 0 Å². The van der Waals surface area contributed by atoms with Crippen LogP contribution in [0.3, 0.4) is 0 Å². The fourth-order valence-corrected chi connectivity index (χ4v) is 3.68. The van der Waals surface area contributed by atoms with E-state index in [-0.39, 0.29) is 27.4 Å². The molecular weight excluding hydrogens is 445 g/mol. The van der Waals surface area contributed by atoms with Crippen LogP contribution in [0, 0.1) is 11.6 Å². The molecule has 0 spiro atoms. The van der Waals surface area contributed by atoms with Gasteiger partial charge in [0, 0.05) is 16.5 Å². The zero-order chi connectivity index (χ0) is 22.8. The number of thiophene rings is 1. The molecule has 3 aromatic rings. The first-order valence-electron chi connectivity index (χ1n) is 8.59. The molecule has 1 aromatic carbocycles. The van der Waals surface area contributed by atoms with E-state index >= 15 is 0 Å². The molecule has 1 N–H and O–H groups in total. The number of hydrogen-bond donors (Lipinski definition) is 1. The van der Waals surface area contributed by atoms with Crippen LogP contribution in [0.2, 0.25) is 0 Å². The van der Waals surface area contributed by atoms with E-state index in [2.05, 4.69) is 9.72 Å². The monoisotopic (exact) mass is 459 g/mol. The second-order valence-corrected chi connectivity index (χ2v) is 7.37. The Labute approximate surface area is 176 Å². The number of carbonyl (C=O) groups is 1. The third-order valence-electron chi connectivity index (χ3n) is 4.09. The van der Waals surface area contributed by atoms with Crippen molar-refractivity contribution in [2.45, 2.75) is 19.4 Å². The number of methoxy groups -OCH3 is 1. The highest BCUT2D eigenvalue weighted by Crippen LogP contribution is 2.37. The number of hydrogen-bond acceptors (Lipinski definition) is 6. The van der Waals surface area contributed by atoms with Gasteiger partial charge in [-0.15, -0.1) is 11.3 Å². The van der Waals surface area contributed by atoms with Crippen molar-refractivity contribution in [2.24, 2.45) is 0 Å². The van der Waals surface area contributed by atoms with E-state index < -0.39 is 42.6 Å². The average molecular weight is 459 g/mol. The Morgan fingerprint density at radius 2 is 1.87 bits per heavy atom. The number of alkyl halides is 3. The third kappa shape index (κ3) is 5.17. The van der Waals surface area contributed by atoms with Crippen LogP contribution in [0.15, 0.2) is 36.5 Å². The highest BCUT2D eigenvalue weighted by atomic mass is 32.1. The maximum atomic E-state index is 13.8. The first-order valence-corrected chi connectivity index (χ1v) is 9.41. The number of halogens is 5. The zero-order valence-electron chi connectivity index (χ0n) is 15.8. The van der Waals surface area contributed by atoms with Crippen molar-refractivity contribution >= 4 is 17.3 Å². The number of pyridine rings is 1. The summed E-state index contributed by atoms with van der Waals surface area (Å²) in [6.07, 6.45) is -3.87. The first kappa shape index (κ1) is 22.6. The maximum Gasteiger partial charge on any atom is 0.416 e. The van der Waals surface area contributed by atoms with E-state index in [4.69, 9.17) is 4.74 Å². The van der Waals surface area contributed by atoms with Gasteiger partial charge in [0.2, 0.25) is 0 Å². The summed E-state index contributed by atoms with van der Waals surface area (Å²) in [5, 5.41) is 9.61. The Hall–Kier alpha value is -3.05. The number of aliphatic hydroxyl groups is 1. The molecule has 0 unspecified atom stereocenters. The topological polar surface area (TPSA) is 68.7 Å². The van der Waals surface area contributed by atoms with Gasteiger partial charge in [-0.05, 0) is 29.8 Å². The van der Waals surface area contributed by atoms with E-state index in [1.807, 2.05) is 0 Å². The number of nitrogens with zero attached hydrogens (tertiary/aromatic N) is 1. The van der Waals surface area contributed by atoms with Crippen LogP contribution in [-0.2, 0) is 24.1 Å². The van der Waals surface area contributed by atoms with Crippen LogP contribution >= 0.6 is 11.3 Å². The molecule has 0 saturated heterocycles. The molecule has 0 aliphatic rings. The third-order valence-corrected chi connectivity index (χ3v) is 5.19. The summed E-state index contributed by atoms with van der Waals surface area (Å²) in [7, 11) is 1.18. The minimum absolute atomic E-state index is 0.0456. The summed E-state index contributed by atoms with van der Waals surface area (Å²) in [4.78, 5) is 16.2. The van der Waals surface area contributed by atoms with Crippen LogP contribution < -0.4 is 4.74 Å². The number of aromatic nitrogens is 1. The van der Waals surface area contributed by atoms with Crippen molar-refractivity contribution in [3.8, 4) is 17.0 Å². The normalized spacial score (nSPS) is 11.5. The molecule has 164 valence electrons. The standard InChI is InChI=1S/C20H14F5NO4S/c1-29-19(28)16-6-14(17(8-27)31-16)18-15(5-13(22)7-26-18)30-9-10-2-11(20(23,24)25)4-12(21)3-10/h2-7,27H,8-9H2,1H3. The van der Waals surface area contributed by atoms with Crippen LogP contribution in [0.25, 0.3) is 11.3 Å². The summed E-state index contributed by atoms with van der Waals surface area (Å²) >= 11 is 0.933. The van der Waals surface area contributed by atoms with Crippen molar-refractivity contribution in [1.82, 2.24) is 4.98 Å². The number of ether oxygens (including phenoxy) is 2. The highest BCUT2D eigenvalue weighted by molar-refractivity contribution is 7.14. The van der Waals surface area contributed by atoms with E-state index in [1.165, 1.54) is 13.2 Å². The van der Waals surface area contributed by atoms with Gasteiger partial charge in [0.15, 0.2) is 0 Å². The van der Waals surface area contributed by atoms with E-state index in [1.54, 1.807) is 0 Å². The summed E-state index contributed by atoms with van der Waals surface area (Å²) < 4.78 is 76.2. The second-order valence-electron chi connectivity index (χ2n) is 6.23. The molecule has 0 saturated carbocycles. The maximum absolute atomic E-state index is 13.8. The van der Waals surface area contributed by atoms with Gasteiger partial charge in [0.1, 0.15) is 34.6 Å². The molecule has 0 aliphatic heterocycles. The molecule has 0 bridgehead atoms. The Kier molecular flexibility index (Phi) is 6.56. The highest BCUT2D eigenvalue weighted by Gasteiger charge is 2.31. The molecule has 0 fully saturated rings. The minimum atomic E-state index is -4.75. The molecule has 3 rings (SSSR count). The van der Waals surface area contributed by atoms with Gasteiger partial charge in [-0.25, -0.2) is 18.6 Å². The smallest absolute Gasteiger partial charge is 0.416 e. The number of carbonyl (C=O) groups excluding carboxylic acids is 1. The lowest BCUT2D eigenvalue weighted by atomic mass is 10.1. The Morgan fingerprint density at radius 3 is 2.52 bits per heavy atom. The lowest BCUT2D eigenvalue weighted by Gasteiger charge is -2.13. The quantitative estimate of drug-likeness (QED) is 0.417. The van der Waals surface area contributed by atoms with Crippen LogP contribution in [0.4, 0.5) is 22.0 Å². The molecule has 0 radical (unpaired) electrons. The van der Waals surface area contributed by atoms with Crippen molar-refractivity contribution in [3.05, 3.63) is 69.0 Å². The van der Waals surface area contributed by atoms with Crippen LogP contribution in [0.5, 0.6) is 5.75 Å². The predicted octanol–water partition coefficient (Wildman–Crippen LogP) is 4.97. The van der Waals surface area contributed by atoms with E-state index in [0.717, 1.165) is 29.7 Å². The minimum Gasteiger partial charge on any atom is -0.487 e. The molecule has 2 aromatic heterocycles. The van der Waals surface area contributed by atoms with Crippen molar-refractivity contribution < 1.29 is 41.3 Å². The zero-order valence-corrected chi connectivity index (χ0v) is 16.6. The molecule has 2 heterocycles. The SMILES string of the molecule is COC(=O)c1cc(-c2ncc(F)cc2OCc2cc(F)cc(C(F)(F)F)c2)c(CO)s1. The number of benzene rings is 1. The molecule has 5 nitrogen and oxygen atoms in total. The van der Waals surface area contributed by atoms with E-state index in [0.29, 0.717) is 17.0 Å². The van der Waals surface area contributed by atoms with Gasteiger partial charge in [-0.2, -0.15) is 13.2 Å². The Bertz CT molecular complexity index is 1110. The first-order chi connectivity index (χ1) is 14.6. The molecular formula is C20H14F5NO4S. The second kappa shape index (κ2) is 8.98. The van der Waals surface area contributed by atoms with Gasteiger partial charge >= 0.3 is 12.1 Å². The summed E-state index contributed by atoms with van der Waals surface area (Å²) in [6.45, 7) is -0.976. The summed E-state index contributed by atoms with van der Waals surface area (Å²) in [5.41, 5.74) is -1.01. The molecule has 0 amide bonds. The molecule has 0 aliphatic carbocycles. The Balaban J connectivity index is 1.96.